The Morgan fingerprint density at radius 1 is 0.364 bits per heavy atom. The molecule has 0 aliphatic rings. The van der Waals surface area contributed by atoms with Crippen molar-refractivity contribution in [1.82, 2.24) is 19.1 Å². The highest BCUT2D eigenvalue weighted by molar-refractivity contribution is 6.16. The van der Waals surface area contributed by atoms with Gasteiger partial charge in [-0.2, -0.15) is 0 Å². The molecule has 256 valence electrons. The van der Waals surface area contributed by atoms with Crippen molar-refractivity contribution >= 4 is 76.5 Å². The summed E-state index contributed by atoms with van der Waals surface area (Å²) in [7, 11) is 0. The van der Waals surface area contributed by atoms with Crippen LogP contribution in [0.5, 0.6) is 0 Å². The van der Waals surface area contributed by atoms with Gasteiger partial charge in [-0.1, -0.05) is 121 Å². The Kier molecular flexibility index (Phi) is 6.27. The molecule has 0 saturated heterocycles. The van der Waals surface area contributed by atoms with E-state index in [4.69, 9.17) is 14.4 Å². The van der Waals surface area contributed by atoms with Gasteiger partial charge in [-0.25, -0.2) is 9.97 Å². The molecule has 5 heteroatoms. The lowest BCUT2D eigenvalue weighted by atomic mass is 10.0. The molecule has 0 amide bonds. The van der Waals surface area contributed by atoms with Gasteiger partial charge in [0.25, 0.3) is 0 Å². The van der Waals surface area contributed by atoms with Crippen LogP contribution < -0.4 is 0 Å². The van der Waals surface area contributed by atoms with Gasteiger partial charge >= 0.3 is 0 Å². The zero-order valence-corrected chi connectivity index (χ0v) is 29.5. The van der Waals surface area contributed by atoms with Gasteiger partial charge in [0.15, 0.2) is 5.58 Å². The first kappa shape index (κ1) is 30.0. The second-order valence-corrected chi connectivity index (χ2v) is 14.2. The zero-order valence-electron chi connectivity index (χ0n) is 29.5. The van der Waals surface area contributed by atoms with Crippen molar-refractivity contribution in [3.63, 3.8) is 0 Å². The molecular weight excluding hydrogens is 673 g/mol. The van der Waals surface area contributed by atoms with Gasteiger partial charge in [-0.3, -0.25) is 4.57 Å². The van der Waals surface area contributed by atoms with Crippen LogP contribution in [0.4, 0.5) is 0 Å². The van der Waals surface area contributed by atoms with E-state index in [0.717, 1.165) is 82.7 Å². The Hall–Kier alpha value is -7.50. The highest BCUT2D eigenvalue weighted by Crippen LogP contribution is 2.40. The van der Waals surface area contributed by atoms with Crippen molar-refractivity contribution in [3.8, 4) is 34.0 Å². The minimum atomic E-state index is 0.604. The SMILES string of the molecule is c1ccc(-c2nc(-n3c4ccccc4c4cc(-c5ccc6c7ccccc7n(-c7ccccc7)c6c5)ccc43)nc3c2ccc2c4ccccc4oc23)cc1. The first-order valence-corrected chi connectivity index (χ1v) is 18.6. The molecule has 0 N–H and O–H groups in total. The predicted octanol–water partition coefficient (Wildman–Crippen LogP) is 13.1. The molecule has 0 saturated carbocycles. The summed E-state index contributed by atoms with van der Waals surface area (Å²) in [5.41, 5.74) is 12.2. The molecule has 12 aromatic rings. The van der Waals surface area contributed by atoms with Crippen molar-refractivity contribution in [2.75, 3.05) is 0 Å². The van der Waals surface area contributed by atoms with Crippen LogP contribution in [-0.2, 0) is 0 Å². The summed E-state index contributed by atoms with van der Waals surface area (Å²) < 4.78 is 11.1. The van der Waals surface area contributed by atoms with Crippen molar-refractivity contribution in [2.45, 2.75) is 0 Å². The van der Waals surface area contributed by atoms with Gasteiger partial charge in [0, 0.05) is 49.0 Å². The van der Waals surface area contributed by atoms with Gasteiger partial charge in [-0.05, 0) is 71.8 Å². The lowest BCUT2D eigenvalue weighted by molar-refractivity contribution is 0.671. The molecule has 4 aromatic heterocycles. The van der Waals surface area contributed by atoms with E-state index in [-0.39, 0.29) is 0 Å². The van der Waals surface area contributed by atoms with Crippen LogP contribution in [-0.4, -0.2) is 19.1 Å². The minimum absolute atomic E-state index is 0.604. The van der Waals surface area contributed by atoms with E-state index in [9.17, 15) is 0 Å². The summed E-state index contributed by atoms with van der Waals surface area (Å²) in [6, 6.07) is 64.3. The normalized spacial score (nSPS) is 12.0. The maximum absolute atomic E-state index is 6.55. The molecule has 8 aromatic carbocycles. The third kappa shape index (κ3) is 4.41. The fourth-order valence-electron chi connectivity index (χ4n) is 8.65. The number of rotatable bonds is 4. The smallest absolute Gasteiger partial charge is 0.235 e. The fraction of sp³-hybridized carbons (Fsp3) is 0. The van der Waals surface area contributed by atoms with Crippen molar-refractivity contribution in [1.29, 1.82) is 0 Å². The van der Waals surface area contributed by atoms with Gasteiger partial charge in [-0.15, -0.1) is 0 Å². The van der Waals surface area contributed by atoms with E-state index in [1.54, 1.807) is 0 Å². The number of aromatic nitrogens is 4. The summed E-state index contributed by atoms with van der Waals surface area (Å²) in [6.45, 7) is 0. The van der Waals surface area contributed by atoms with Crippen LogP contribution >= 0.6 is 0 Å². The lowest BCUT2D eigenvalue weighted by Crippen LogP contribution is -2.03. The van der Waals surface area contributed by atoms with Crippen molar-refractivity contribution in [3.05, 3.63) is 182 Å². The van der Waals surface area contributed by atoms with Crippen LogP contribution in [0.2, 0.25) is 0 Å². The maximum atomic E-state index is 6.55. The van der Waals surface area contributed by atoms with E-state index < -0.39 is 0 Å². The zero-order chi connectivity index (χ0) is 36.0. The number of para-hydroxylation sites is 4. The largest absolute Gasteiger partial charge is 0.454 e. The van der Waals surface area contributed by atoms with Crippen LogP contribution in [0.25, 0.3) is 110 Å². The van der Waals surface area contributed by atoms with Gasteiger partial charge in [0.2, 0.25) is 5.95 Å². The van der Waals surface area contributed by atoms with Gasteiger partial charge < -0.3 is 8.98 Å². The molecule has 0 radical (unpaired) electrons. The second-order valence-electron chi connectivity index (χ2n) is 14.2. The molecule has 5 nitrogen and oxygen atoms in total. The Morgan fingerprint density at radius 3 is 1.76 bits per heavy atom. The number of fused-ring (bicyclic) bond motifs is 11. The summed E-state index contributed by atoms with van der Waals surface area (Å²) in [4.78, 5) is 10.7. The molecule has 0 atom stereocenters. The van der Waals surface area contributed by atoms with Crippen LogP contribution in [0.15, 0.2) is 186 Å². The van der Waals surface area contributed by atoms with E-state index >= 15 is 0 Å². The highest BCUT2D eigenvalue weighted by atomic mass is 16.3. The topological polar surface area (TPSA) is 48.8 Å². The number of hydrogen-bond acceptors (Lipinski definition) is 3. The van der Waals surface area contributed by atoms with E-state index in [0.29, 0.717) is 5.95 Å². The molecule has 12 rings (SSSR count). The minimum Gasteiger partial charge on any atom is -0.454 e. The molecule has 55 heavy (non-hydrogen) atoms. The van der Waals surface area contributed by atoms with Gasteiger partial charge in [0.1, 0.15) is 11.1 Å². The third-order valence-electron chi connectivity index (χ3n) is 11.1. The van der Waals surface area contributed by atoms with E-state index in [2.05, 4.69) is 173 Å². The summed E-state index contributed by atoms with van der Waals surface area (Å²) in [5, 5.41) is 7.84. The number of hydrogen-bond donors (Lipinski definition) is 0. The van der Waals surface area contributed by atoms with E-state index in [1.807, 2.05) is 18.2 Å². The third-order valence-corrected chi connectivity index (χ3v) is 11.1. The first-order valence-electron chi connectivity index (χ1n) is 18.6. The summed E-state index contributed by atoms with van der Waals surface area (Å²) in [5.74, 6) is 0.604. The van der Waals surface area contributed by atoms with Crippen molar-refractivity contribution < 1.29 is 4.42 Å². The number of nitrogens with zero attached hydrogens (tertiary/aromatic N) is 4. The second kappa shape index (κ2) is 11.5. The fourth-order valence-corrected chi connectivity index (χ4v) is 8.65. The molecule has 0 fully saturated rings. The molecule has 0 unspecified atom stereocenters. The Balaban J connectivity index is 1.10. The summed E-state index contributed by atoms with van der Waals surface area (Å²) in [6.07, 6.45) is 0. The Bertz CT molecular complexity index is 3480. The Morgan fingerprint density at radius 2 is 0.945 bits per heavy atom. The number of benzene rings is 8. The predicted molar refractivity (Wildman–Crippen MR) is 226 cm³/mol. The van der Waals surface area contributed by atoms with Crippen LogP contribution in [0.1, 0.15) is 0 Å². The lowest BCUT2D eigenvalue weighted by Gasteiger charge is -2.12. The van der Waals surface area contributed by atoms with Crippen LogP contribution in [0, 0.1) is 0 Å². The van der Waals surface area contributed by atoms with Crippen LogP contribution in [0.3, 0.4) is 0 Å². The number of furan rings is 1. The standard InChI is InChI=1S/C50H30N4O/c1-3-13-31(14-4-1)47-40-27-26-39-38-19-9-12-22-46(38)55-49(39)48(40)52-50(51-47)54-43-21-11-8-18-36(43)41-29-32(24-28-44(41)54)33-23-25-37-35-17-7-10-20-42(35)53(45(37)30-33)34-15-5-2-6-16-34/h1-30H. The van der Waals surface area contributed by atoms with Gasteiger partial charge in [0.05, 0.1) is 27.8 Å². The molecule has 0 aliphatic heterocycles. The molecular formula is C50H30N4O. The Labute approximate surface area is 315 Å². The monoisotopic (exact) mass is 702 g/mol. The molecule has 0 aliphatic carbocycles. The quantitative estimate of drug-likeness (QED) is 0.183. The van der Waals surface area contributed by atoms with E-state index in [1.165, 1.54) is 21.8 Å². The highest BCUT2D eigenvalue weighted by Gasteiger charge is 2.21. The maximum Gasteiger partial charge on any atom is 0.235 e. The summed E-state index contributed by atoms with van der Waals surface area (Å²) >= 11 is 0. The first-order chi connectivity index (χ1) is 27.3. The molecule has 4 heterocycles. The average Bonchev–Trinajstić information content (AvgIpc) is 3.91. The van der Waals surface area contributed by atoms with Crippen molar-refractivity contribution in [2.24, 2.45) is 0 Å². The molecule has 0 bridgehead atoms. The molecule has 0 spiro atoms. The average molecular weight is 703 g/mol.